The highest BCUT2D eigenvalue weighted by Crippen LogP contribution is 2.51. The Hall–Kier alpha value is -1.51. The van der Waals surface area contributed by atoms with E-state index in [-0.39, 0.29) is 5.91 Å². The van der Waals surface area contributed by atoms with Gasteiger partial charge in [0.15, 0.2) is 0 Å². The van der Waals surface area contributed by atoms with E-state index in [0.29, 0.717) is 11.3 Å². The molecule has 1 unspecified atom stereocenters. The molecule has 3 heteroatoms. The first-order chi connectivity index (χ1) is 9.44. The lowest BCUT2D eigenvalue weighted by Gasteiger charge is -2.13. The first-order valence-electron chi connectivity index (χ1n) is 7.57. The van der Waals surface area contributed by atoms with E-state index in [9.17, 15) is 4.79 Å². The summed E-state index contributed by atoms with van der Waals surface area (Å²) < 4.78 is 0. The van der Waals surface area contributed by atoms with Crippen LogP contribution in [0.25, 0.3) is 0 Å². The molecule has 1 saturated carbocycles. The lowest BCUT2D eigenvalue weighted by Crippen LogP contribution is -2.27. The van der Waals surface area contributed by atoms with Crippen LogP contribution in [0.5, 0.6) is 0 Å². The number of anilines is 1. The summed E-state index contributed by atoms with van der Waals surface area (Å²) in [5.74, 6) is 0.662. The second-order valence-corrected chi connectivity index (χ2v) is 6.58. The number of nitrogens with one attached hydrogen (secondary N) is 2. The van der Waals surface area contributed by atoms with Gasteiger partial charge in [-0.25, -0.2) is 0 Å². The molecule has 0 bridgehead atoms. The van der Waals surface area contributed by atoms with E-state index in [1.54, 1.807) is 0 Å². The third-order valence-electron chi connectivity index (χ3n) is 4.21. The highest BCUT2D eigenvalue weighted by Gasteiger charge is 2.45. The van der Waals surface area contributed by atoms with Gasteiger partial charge in [0.2, 0.25) is 0 Å². The second-order valence-electron chi connectivity index (χ2n) is 6.58. The quantitative estimate of drug-likeness (QED) is 0.832. The number of rotatable bonds is 6. The fourth-order valence-corrected chi connectivity index (χ4v) is 2.50. The SMILES string of the molecule is CCCNc1cc(C)ccc1C(=O)NCC1CC1(C)C. The van der Waals surface area contributed by atoms with Crippen LogP contribution in [0.2, 0.25) is 0 Å². The van der Waals surface area contributed by atoms with Gasteiger partial charge in [0.25, 0.3) is 5.91 Å². The van der Waals surface area contributed by atoms with Crippen molar-refractivity contribution in [3.05, 3.63) is 29.3 Å². The molecule has 2 rings (SSSR count). The Kier molecular flexibility index (Phi) is 4.36. The van der Waals surface area contributed by atoms with Crippen LogP contribution in [0.3, 0.4) is 0 Å². The van der Waals surface area contributed by atoms with Gasteiger partial charge in [0, 0.05) is 18.8 Å². The van der Waals surface area contributed by atoms with Gasteiger partial charge in [0.05, 0.1) is 5.56 Å². The summed E-state index contributed by atoms with van der Waals surface area (Å²) in [4.78, 5) is 12.3. The van der Waals surface area contributed by atoms with E-state index in [4.69, 9.17) is 0 Å². The van der Waals surface area contributed by atoms with E-state index in [1.165, 1.54) is 12.0 Å². The molecule has 20 heavy (non-hydrogen) atoms. The highest BCUT2D eigenvalue weighted by atomic mass is 16.1. The maximum absolute atomic E-state index is 12.3. The maximum Gasteiger partial charge on any atom is 0.253 e. The molecule has 0 radical (unpaired) electrons. The number of hydrogen-bond acceptors (Lipinski definition) is 2. The average Bonchev–Trinajstić information content (AvgIpc) is 3.01. The molecule has 2 N–H and O–H groups in total. The molecule has 0 heterocycles. The van der Waals surface area contributed by atoms with Crippen LogP contribution in [0.1, 0.15) is 49.5 Å². The molecule has 1 aliphatic rings. The molecule has 3 nitrogen and oxygen atoms in total. The topological polar surface area (TPSA) is 41.1 Å². The summed E-state index contributed by atoms with van der Waals surface area (Å²) in [6, 6.07) is 5.96. The third-order valence-corrected chi connectivity index (χ3v) is 4.21. The molecule has 1 fully saturated rings. The molecule has 1 atom stereocenters. The zero-order chi connectivity index (χ0) is 14.8. The Bertz CT molecular complexity index is 494. The molecule has 0 aliphatic heterocycles. The van der Waals surface area contributed by atoms with Crippen molar-refractivity contribution in [3.63, 3.8) is 0 Å². The van der Waals surface area contributed by atoms with Crippen LogP contribution in [0, 0.1) is 18.3 Å². The van der Waals surface area contributed by atoms with Gasteiger partial charge in [0.1, 0.15) is 0 Å². The number of hydrogen-bond donors (Lipinski definition) is 2. The molecule has 1 aromatic carbocycles. The van der Waals surface area contributed by atoms with Crippen LogP contribution in [-0.2, 0) is 0 Å². The fraction of sp³-hybridized carbons (Fsp3) is 0.588. The molecule has 1 aromatic rings. The number of aryl methyl sites for hydroxylation is 1. The van der Waals surface area contributed by atoms with Gasteiger partial charge in [-0.2, -0.15) is 0 Å². The van der Waals surface area contributed by atoms with Gasteiger partial charge in [-0.05, 0) is 48.8 Å². The third kappa shape index (κ3) is 3.53. The summed E-state index contributed by atoms with van der Waals surface area (Å²) in [5.41, 5.74) is 3.27. The first kappa shape index (κ1) is 14.9. The van der Waals surface area contributed by atoms with E-state index in [1.807, 2.05) is 25.1 Å². The first-order valence-corrected chi connectivity index (χ1v) is 7.57. The van der Waals surface area contributed by atoms with Gasteiger partial charge < -0.3 is 10.6 Å². The van der Waals surface area contributed by atoms with E-state index in [2.05, 4.69) is 31.4 Å². The molecule has 0 saturated heterocycles. The van der Waals surface area contributed by atoms with Crippen LogP contribution in [0.15, 0.2) is 18.2 Å². The lowest BCUT2D eigenvalue weighted by atomic mass is 10.1. The molecule has 0 aromatic heterocycles. The van der Waals surface area contributed by atoms with Crippen LogP contribution in [-0.4, -0.2) is 19.0 Å². The highest BCUT2D eigenvalue weighted by molar-refractivity contribution is 5.99. The van der Waals surface area contributed by atoms with Gasteiger partial charge in [-0.1, -0.05) is 26.8 Å². The summed E-state index contributed by atoms with van der Waals surface area (Å²) in [5, 5.41) is 6.42. The fourth-order valence-electron chi connectivity index (χ4n) is 2.50. The van der Waals surface area contributed by atoms with Crippen LogP contribution in [0.4, 0.5) is 5.69 Å². The zero-order valence-electron chi connectivity index (χ0n) is 13.0. The van der Waals surface area contributed by atoms with Crippen molar-refractivity contribution < 1.29 is 4.79 Å². The molecular formula is C17H26N2O. The average molecular weight is 274 g/mol. The van der Waals surface area contributed by atoms with Crippen molar-refractivity contribution in [3.8, 4) is 0 Å². The molecule has 110 valence electrons. The van der Waals surface area contributed by atoms with Crippen molar-refractivity contribution >= 4 is 11.6 Å². The monoisotopic (exact) mass is 274 g/mol. The minimum atomic E-state index is 0.0336. The minimum Gasteiger partial charge on any atom is -0.384 e. The maximum atomic E-state index is 12.3. The van der Waals surface area contributed by atoms with Crippen molar-refractivity contribution in [1.82, 2.24) is 5.32 Å². The Morgan fingerprint density at radius 2 is 2.10 bits per heavy atom. The Balaban J connectivity index is 2.01. The van der Waals surface area contributed by atoms with E-state index in [0.717, 1.165) is 30.8 Å². The standard InChI is InChI=1S/C17H26N2O/c1-5-8-18-15-9-12(2)6-7-14(15)16(20)19-11-13-10-17(13,3)4/h6-7,9,13,18H,5,8,10-11H2,1-4H3,(H,19,20). The van der Waals surface area contributed by atoms with Gasteiger partial charge in [-0.3, -0.25) is 4.79 Å². The Morgan fingerprint density at radius 1 is 1.40 bits per heavy atom. The molecule has 1 aliphatic carbocycles. The Labute approximate surface area is 122 Å². The van der Waals surface area contributed by atoms with Crippen molar-refractivity contribution in [2.45, 2.75) is 40.5 Å². The number of amides is 1. The predicted molar refractivity (Wildman–Crippen MR) is 84.2 cm³/mol. The summed E-state index contributed by atoms with van der Waals surface area (Å²) in [6.45, 7) is 10.4. The molecular weight excluding hydrogens is 248 g/mol. The molecule has 0 spiro atoms. The van der Waals surface area contributed by atoms with Gasteiger partial charge >= 0.3 is 0 Å². The summed E-state index contributed by atoms with van der Waals surface area (Å²) in [6.07, 6.45) is 2.26. The lowest BCUT2D eigenvalue weighted by molar-refractivity contribution is 0.0951. The number of benzene rings is 1. The Morgan fingerprint density at radius 3 is 2.70 bits per heavy atom. The predicted octanol–water partition coefficient (Wildman–Crippen LogP) is 3.59. The van der Waals surface area contributed by atoms with Crippen LogP contribution >= 0.6 is 0 Å². The summed E-state index contributed by atoms with van der Waals surface area (Å²) in [7, 11) is 0. The van der Waals surface area contributed by atoms with Crippen molar-refractivity contribution in [2.75, 3.05) is 18.4 Å². The van der Waals surface area contributed by atoms with E-state index < -0.39 is 0 Å². The molecule has 1 amide bonds. The number of carbonyl (C=O) groups excluding carboxylic acids is 1. The second kappa shape index (κ2) is 5.86. The minimum absolute atomic E-state index is 0.0336. The smallest absolute Gasteiger partial charge is 0.253 e. The van der Waals surface area contributed by atoms with Gasteiger partial charge in [-0.15, -0.1) is 0 Å². The summed E-state index contributed by atoms with van der Waals surface area (Å²) >= 11 is 0. The van der Waals surface area contributed by atoms with Crippen molar-refractivity contribution in [1.29, 1.82) is 0 Å². The van der Waals surface area contributed by atoms with E-state index >= 15 is 0 Å². The van der Waals surface area contributed by atoms with Crippen LogP contribution < -0.4 is 10.6 Å². The normalized spacial score (nSPS) is 19.5. The number of carbonyl (C=O) groups is 1. The largest absolute Gasteiger partial charge is 0.384 e. The zero-order valence-corrected chi connectivity index (χ0v) is 13.0. The van der Waals surface area contributed by atoms with Crippen molar-refractivity contribution in [2.24, 2.45) is 11.3 Å².